The Morgan fingerprint density at radius 1 is 0.947 bits per heavy atom. The summed E-state index contributed by atoms with van der Waals surface area (Å²) in [4.78, 5) is 27.4. The Hall–Kier alpha value is -3.53. The van der Waals surface area contributed by atoms with Gasteiger partial charge in [0.25, 0.3) is 0 Å². The number of rotatable bonds is 8. The van der Waals surface area contributed by atoms with Gasteiger partial charge in [0.15, 0.2) is 0 Å². The van der Waals surface area contributed by atoms with Crippen LogP contribution in [0.4, 0.5) is 10.5 Å². The Balaban J connectivity index is 2.04. The van der Waals surface area contributed by atoms with Gasteiger partial charge in [-0.2, -0.15) is 0 Å². The minimum absolute atomic E-state index is 0.0231. The third-order valence-electron chi connectivity index (χ3n) is 6.16. The maximum atomic E-state index is 13.2. The van der Waals surface area contributed by atoms with Crippen LogP contribution in [0.3, 0.4) is 0 Å². The summed E-state index contributed by atoms with van der Waals surface area (Å²) in [6.45, 7) is 8.77. The number of benzene rings is 3. The van der Waals surface area contributed by atoms with Gasteiger partial charge in [-0.05, 0) is 84.1 Å². The second kappa shape index (κ2) is 11.9. The largest absolute Gasteiger partial charge is 0.366 e. The van der Waals surface area contributed by atoms with Crippen LogP contribution < -0.4 is 16.2 Å². The van der Waals surface area contributed by atoms with Crippen molar-refractivity contribution >= 4 is 27.5 Å². The van der Waals surface area contributed by atoms with E-state index in [9.17, 15) is 13.8 Å². The molecule has 0 aliphatic rings. The van der Waals surface area contributed by atoms with E-state index < -0.39 is 21.9 Å². The quantitative estimate of drug-likeness (QED) is 0.342. The zero-order valence-electron chi connectivity index (χ0n) is 22.8. The first-order valence-electron chi connectivity index (χ1n) is 12.5. The highest BCUT2D eigenvalue weighted by molar-refractivity contribution is 7.91. The lowest BCUT2D eigenvalue weighted by atomic mass is 9.87. The molecule has 3 aromatic carbocycles. The van der Waals surface area contributed by atoms with Crippen molar-refractivity contribution in [3.63, 3.8) is 0 Å². The van der Waals surface area contributed by atoms with Crippen LogP contribution in [-0.2, 0) is 16.5 Å². The van der Waals surface area contributed by atoms with Gasteiger partial charge >= 0.3 is 6.03 Å². The zero-order chi connectivity index (χ0) is 28.2. The summed E-state index contributed by atoms with van der Waals surface area (Å²) in [5, 5.41) is 8.89. The molecule has 9 heteroatoms. The number of amides is 3. The van der Waals surface area contributed by atoms with E-state index in [1.807, 2.05) is 83.1 Å². The van der Waals surface area contributed by atoms with Crippen LogP contribution in [0.25, 0.3) is 11.1 Å². The van der Waals surface area contributed by atoms with Crippen LogP contribution in [-0.4, -0.2) is 35.1 Å². The van der Waals surface area contributed by atoms with Crippen LogP contribution in [0.5, 0.6) is 0 Å². The van der Waals surface area contributed by atoms with Gasteiger partial charge in [0.05, 0.1) is 4.90 Å². The van der Waals surface area contributed by atoms with E-state index in [1.165, 1.54) is 0 Å². The highest BCUT2D eigenvalue weighted by Crippen LogP contribution is 2.38. The lowest BCUT2D eigenvalue weighted by Crippen LogP contribution is -2.19. The summed E-state index contributed by atoms with van der Waals surface area (Å²) in [6.07, 6.45) is 0. The van der Waals surface area contributed by atoms with Crippen molar-refractivity contribution in [3.8, 4) is 11.1 Å². The van der Waals surface area contributed by atoms with E-state index in [0.717, 1.165) is 28.8 Å². The van der Waals surface area contributed by atoms with Crippen LogP contribution in [0, 0.1) is 0 Å². The molecule has 0 heterocycles. The maximum Gasteiger partial charge on any atom is 0.354 e. The molecule has 3 aromatic rings. The molecule has 0 aromatic heterocycles. The fraction of sp³-hybridized carbons (Fsp3) is 0.310. The van der Waals surface area contributed by atoms with Crippen molar-refractivity contribution in [2.75, 3.05) is 19.4 Å². The van der Waals surface area contributed by atoms with E-state index in [2.05, 4.69) is 9.68 Å². The fourth-order valence-corrected chi connectivity index (χ4v) is 5.23. The molecule has 0 aliphatic heterocycles. The molecule has 202 valence electrons. The number of nitrogens with two attached hydrogens (primary N) is 2. The van der Waals surface area contributed by atoms with Crippen LogP contribution in [0.2, 0.25) is 0 Å². The minimum atomic E-state index is -3.46. The van der Waals surface area contributed by atoms with Gasteiger partial charge in [-0.3, -0.25) is 4.79 Å². The number of nitrogens with zero attached hydrogens (tertiary/aromatic N) is 2. The number of anilines is 1. The number of hydrogen-bond acceptors (Lipinski definition) is 4. The van der Waals surface area contributed by atoms with Crippen LogP contribution in [0.1, 0.15) is 66.6 Å². The van der Waals surface area contributed by atoms with Gasteiger partial charge < -0.3 is 16.0 Å². The van der Waals surface area contributed by atoms with Crippen LogP contribution >= 0.6 is 0 Å². The number of urea groups is 1. The fourth-order valence-electron chi connectivity index (χ4n) is 4.31. The van der Waals surface area contributed by atoms with E-state index in [4.69, 9.17) is 10.9 Å². The van der Waals surface area contributed by atoms with Crippen molar-refractivity contribution < 1.29 is 13.8 Å². The number of carbonyl (C=O) groups excluding carboxylic acids is 2. The Bertz CT molecular complexity index is 1420. The number of carbonyl (C=O) groups is 2. The third kappa shape index (κ3) is 6.86. The summed E-state index contributed by atoms with van der Waals surface area (Å²) in [7, 11) is 0.456. The second-order valence-corrected chi connectivity index (χ2v) is 12.0. The Labute approximate surface area is 225 Å². The van der Waals surface area contributed by atoms with Gasteiger partial charge in [0.1, 0.15) is 9.92 Å². The molecule has 38 heavy (non-hydrogen) atoms. The molecule has 0 saturated carbocycles. The number of nitrogens with one attached hydrogen (secondary N) is 1. The monoisotopic (exact) mass is 535 g/mol. The Morgan fingerprint density at radius 3 is 2.00 bits per heavy atom. The molecule has 0 radical (unpaired) electrons. The van der Waals surface area contributed by atoms with Crippen molar-refractivity contribution in [2.24, 2.45) is 15.2 Å². The van der Waals surface area contributed by atoms with Crippen molar-refractivity contribution in [1.29, 1.82) is 0 Å². The predicted octanol–water partition coefficient (Wildman–Crippen LogP) is 5.69. The topological polar surface area (TPSA) is 131 Å². The SMILES string of the molecule is CC(C)c1cc(-c2ccccc2C(N)=O)cc(C(C)C)c1NC(=O)N=S(N)(=O)c1ccc(CN(C)C)cc1. The molecular weight excluding hydrogens is 498 g/mol. The lowest BCUT2D eigenvalue weighted by Gasteiger charge is -2.22. The molecule has 1 atom stereocenters. The lowest BCUT2D eigenvalue weighted by molar-refractivity contribution is 0.100. The van der Waals surface area contributed by atoms with Gasteiger partial charge in [0, 0.05) is 17.8 Å². The maximum absolute atomic E-state index is 13.2. The number of hydrogen-bond donors (Lipinski definition) is 3. The summed E-state index contributed by atoms with van der Waals surface area (Å²) in [6, 6.07) is 17.2. The second-order valence-electron chi connectivity index (χ2n) is 10.2. The molecule has 3 amide bonds. The molecule has 5 N–H and O–H groups in total. The Kier molecular flexibility index (Phi) is 9.09. The normalized spacial score (nSPS) is 13.0. The molecule has 3 rings (SSSR count). The van der Waals surface area contributed by atoms with Gasteiger partial charge in [0.2, 0.25) is 5.91 Å². The molecule has 0 bridgehead atoms. The smallest absolute Gasteiger partial charge is 0.354 e. The first-order valence-corrected chi connectivity index (χ1v) is 14.0. The highest BCUT2D eigenvalue weighted by Gasteiger charge is 2.21. The van der Waals surface area contributed by atoms with Gasteiger partial charge in [-0.25, -0.2) is 14.1 Å². The first-order chi connectivity index (χ1) is 17.8. The molecule has 0 aliphatic carbocycles. The summed E-state index contributed by atoms with van der Waals surface area (Å²) < 4.78 is 17.1. The highest BCUT2D eigenvalue weighted by atomic mass is 32.2. The van der Waals surface area contributed by atoms with Crippen molar-refractivity contribution in [2.45, 2.75) is 51.0 Å². The zero-order valence-corrected chi connectivity index (χ0v) is 23.6. The van der Waals surface area contributed by atoms with Crippen molar-refractivity contribution in [3.05, 3.63) is 82.9 Å². The minimum Gasteiger partial charge on any atom is -0.366 e. The average molecular weight is 536 g/mol. The summed E-state index contributed by atoms with van der Waals surface area (Å²) >= 11 is 0. The predicted molar refractivity (Wildman–Crippen MR) is 154 cm³/mol. The Morgan fingerprint density at radius 2 is 1.50 bits per heavy atom. The van der Waals surface area contributed by atoms with E-state index in [-0.39, 0.29) is 16.7 Å². The van der Waals surface area contributed by atoms with Crippen molar-refractivity contribution in [1.82, 2.24) is 4.90 Å². The first kappa shape index (κ1) is 29.0. The van der Waals surface area contributed by atoms with Gasteiger partial charge in [-0.1, -0.05) is 58.0 Å². The third-order valence-corrected chi connectivity index (χ3v) is 7.54. The molecule has 8 nitrogen and oxygen atoms in total. The molecule has 1 unspecified atom stereocenters. The summed E-state index contributed by atoms with van der Waals surface area (Å²) in [5.74, 6) is -0.466. The van der Waals surface area contributed by atoms with E-state index in [1.54, 1.807) is 24.3 Å². The average Bonchev–Trinajstić information content (AvgIpc) is 2.83. The summed E-state index contributed by atoms with van der Waals surface area (Å²) in [5.41, 5.74) is 10.9. The van der Waals surface area contributed by atoms with E-state index >= 15 is 0 Å². The van der Waals surface area contributed by atoms with Gasteiger partial charge in [-0.15, -0.1) is 4.36 Å². The molecule has 0 fully saturated rings. The number of primary amides is 1. The molecule has 0 saturated heterocycles. The van der Waals surface area contributed by atoms with E-state index in [0.29, 0.717) is 16.8 Å². The standard InChI is InChI=1S/C29H37N5O3S/c1-18(2)25-15-21(23-9-7-8-10-24(23)28(30)35)16-26(19(3)4)27(25)32-29(36)33-38(31,37)22-13-11-20(12-14-22)17-34(5)6/h7-16,18-19H,17H2,1-6H3,(H2,30,35)(H3,31,32,33,36,37). The molecular formula is C29H37N5O3S. The molecule has 0 spiro atoms. The van der Waals surface area contributed by atoms with Crippen LogP contribution in [0.15, 0.2) is 69.9 Å².